The highest BCUT2D eigenvalue weighted by molar-refractivity contribution is 5.84. The lowest BCUT2D eigenvalue weighted by Crippen LogP contribution is -2.34. The Hall–Kier alpha value is -4.11. The summed E-state index contributed by atoms with van der Waals surface area (Å²) in [6.07, 6.45) is 11.1. The van der Waals surface area contributed by atoms with E-state index in [1.54, 1.807) is 0 Å². The van der Waals surface area contributed by atoms with E-state index in [0.29, 0.717) is 0 Å². The molecule has 6 rings (SSSR count). The van der Waals surface area contributed by atoms with Crippen LogP contribution in [0, 0.1) is 0 Å². The number of nitrogens with zero attached hydrogens (tertiary/aromatic N) is 3. The minimum atomic E-state index is 1.04. The molecule has 0 atom stereocenters. The van der Waals surface area contributed by atoms with Crippen LogP contribution in [0.2, 0.25) is 0 Å². The maximum Gasteiger partial charge on any atom is 0.0653 e. The number of hydrogen-bond donors (Lipinski definition) is 0. The Morgan fingerprint density at radius 2 is 1.17 bits per heavy atom. The largest absolute Gasteiger partial charge is 0.371 e. The highest BCUT2D eigenvalue weighted by Gasteiger charge is 2.24. The van der Waals surface area contributed by atoms with Crippen LogP contribution in [0.25, 0.3) is 12.2 Å². The Bertz CT molecular complexity index is 1340. The Labute approximate surface area is 214 Å². The van der Waals surface area contributed by atoms with E-state index in [1.165, 1.54) is 66.7 Å². The number of hydrazone groups is 1. The normalized spacial score (nSPS) is 14.8. The summed E-state index contributed by atoms with van der Waals surface area (Å²) in [6.45, 7) is 2.40. The second kappa shape index (κ2) is 10.2. The van der Waals surface area contributed by atoms with Crippen molar-refractivity contribution in [1.29, 1.82) is 0 Å². The molecule has 0 N–H and O–H groups in total. The van der Waals surface area contributed by atoms with Gasteiger partial charge in [0.15, 0.2) is 0 Å². The van der Waals surface area contributed by atoms with Crippen LogP contribution in [0.1, 0.15) is 40.7 Å². The zero-order valence-electron chi connectivity index (χ0n) is 20.6. The minimum Gasteiger partial charge on any atom is -0.371 e. The fraction of sp³-hybridized carbons (Fsp3) is 0.182. The summed E-state index contributed by atoms with van der Waals surface area (Å²) < 4.78 is 0. The number of benzene rings is 4. The van der Waals surface area contributed by atoms with Gasteiger partial charge in [-0.05, 0) is 89.9 Å². The van der Waals surface area contributed by atoms with Gasteiger partial charge < -0.3 is 4.90 Å². The molecular weight excluding hydrogens is 438 g/mol. The lowest BCUT2D eigenvalue weighted by atomic mass is 9.90. The van der Waals surface area contributed by atoms with Crippen molar-refractivity contribution in [3.63, 3.8) is 0 Å². The molecule has 0 amide bonds. The Balaban J connectivity index is 1.29. The Morgan fingerprint density at radius 1 is 0.611 bits per heavy atom. The Kier molecular flexibility index (Phi) is 6.37. The predicted octanol–water partition coefficient (Wildman–Crippen LogP) is 7.73. The van der Waals surface area contributed by atoms with Gasteiger partial charge in [-0.3, -0.25) is 0 Å². The molecule has 36 heavy (non-hydrogen) atoms. The monoisotopic (exact) mass is 469 g/mol. The third-order valence-corrected chi connectivity index (χ3v) is 7.08. The predicted molar refractivity (Wildman–Crippen MR) is 153 cm³/mol. The SMILES string of the molecule is C(=Cc1ccc(N(N=Cc2cc3c4c(c2)CCCN4CCC3)c2ccccc2)cc1)c1ccccc1. The van der Waals surface area contributed by atoms with Crippen LogP contribution in [0.5, 0.6) is 0 Å². The van der Waals surface area contributed by atoms with E-state index in [9.17, 15) is 0 Å². The van der Waals surface area contributed by atoms with Crippen LogP contribution in [-0.2, 0) is 12.8 Å². The molecule has 2 heterocycles. The topological polar surface area (TPSA) is 18.8 Å². The maximum atomic E-state index is 5.00. The molecular formula is C33H31N3. The van der Waals surface area contributed by atoms with Gasteiger partial charge in [0, 0.05) is 18.8 Å². The van der Waals surface area contributed by atoms with Gasteiger partial charge in [-0.1, -0.05) is 72.8 Å². The van der Waals surface area contributed by atoms with Crippen LogP contribution in [-0.4, -0.2) is 19.3 Å². The molecule has 0 saturated carbocycles. The van der Waals surface area contributed by atoms with Crippen LogP contribution >= 0.6 is 0 Å². The summed E-state index contributed by atoms with van der Waals surface area (Å²) >= 11 is 0. The van der Waals surface area contributed by atoms with Gasteiger partial charge in [0.2, 0.25) is 0 Å². The molecule has 2 aliphatic heterocycles. The lowest BCUT2D eigenvalue weighted by Gasteiger charge is -2.37. The maximum absolute atomic E-state index is 5.00. The molecule has 4 aromatic carbocycles. The van der Waals surface area contributed by atoms with Crippen molar-refractivity contribution in [3.05, 3.63) is 125 Å². The number of para-hydroxylation sites is 1. The van der Waals surface area contributed by atoms with Gasteiger partial charge in [-0.25, -0.2) is 5.01 Å². The molecule has 0 aliphatic carbocycles. The summed E-state index contributed by atoms with van der Waals surface area (Å²) in [7, 11) is 0. The first-order chi connectivity index (χ1) is 17.8. The first-order valence-corrected chi connectivity index (χ1v) is 13.0. The second-order valence-corrected chi connectivity index (χ2v) is 9.61. The summed E-state index contributed by atoms with van der Waals surface area (Å²) in [5.74, 6) is 0. The first kappa shape index (κ1) is 22.4. The number of anilines is 3. The van der Waals surface area contributed by atoms with Gasteiger partial charge in [-0.2, -0.15) is 5.10 Å². The van der Waals surface area contributed by atoms with E-state index in [0.717, 1.165) is 16.9 Å². The van der Waals surface area contributed by atoms with Crippen molar-refractivity contribution in [3.8, 4) is 0 Å². The summed E-state index contributed by atoms with van der Waals surface area (Å²) in [6, 6.07) is 34.1. The van der Waals surface area contributed by atoms with E-state index in [4.69, 9.17) is 5.10 Å². The average molecular weight is 470 g/mol. The van der Waals surface area contributed by atoms with E-state index in [-0.39, 0.29) is 0 Å². The summed E-state index contributed by atoms with van der Waals surface area (Å²) in [5.41, 5.74) is 10.1. The Morgan fingerprint density at radius 3 is 1.81 bits per heavy atom. The van der Waals surface area contributed by atoms with Gasteiger partial charge in [-0.15, -0.1) is 0 Å². The molecule has 0 fully saturated rings. The van der Waals surface area contributed by atoms with Crippen molar-refractivity contribution in [2.24, 2.45) is 5.10 Å². The minimum absolute atomic E-state index is 1.04. The highest BCUT2D eigenvalue weighted by Crippen LogP contribution is 2.36. The molecule has 3 nitrogen and oxygen atoms in total. The van der Waals surface area contributed by atoms with E-state index in [1.807, 2.05) is 23.4 Å². The molecule has 0 saturated heterocycles. The second-order valence-electron chi connectivity index (χ2n) is 9.61. The van der Waals surface area contributed by atoms with Gasteiger partial charge in [0.1, 0.15) is 0 Å². The number of rotatable bonds is 6. The molecule has 0 aromatic heterocycles. The summed E-state index contributed by atoms with van der Waals surface area (Å²) in [4.78, 5) is 2.59. The smallest absolute Gasteiger partial charge is 0.0653 e. The fourth-order valence-corrected chi connectivity index (χ4v) is 5.36. The molecule has 178 valence electrons. The average Bonchev–Trinajstić information content (AvgIpc) is 2.94. The van der Waals surface area contributed by atoms with Crippen LogP contribution < -0.4 is 9.91 Å². The first-order valence-electron chi connectivity index (χ1n) is 13.0. The lowest BCUT2D eigenvalue weighted by molar-refractivity contribution is 0.634. The molecule has 2 aliphatic rings. The highest BCUT2D eigenvalue weighted by atomic mass is 15.5. The molecule has 4 aromatic rings. The molecule has 0 spiro atoms. The summed E-state index contributed by atoms with van der Waals surface area (Å²) in [5, 5.41) is 7.03. The van der Waals surface area contributed by atoms with Crippen molar-refractivity contribution >= 4 is 35.4 Å². The quantitative estimate of drug-likeness (QED) is 0.163. The van der Waals surface area contributed by atoms with Gasteiger partial charge in [0.05, 0.1) is 17.6 Å². The molecule has 0 unspecified atom stereocenters. The van der Waals surface area contributed by atoms with Gasteiger partial charge >= 0.3 is 0 Å². The number of hydrogen-bond acceptors (Lipinski definition) is 3. The standard InChI is InChI=1S/C33H31N3/c1-3-9-26(10-4-1)15-16-27-17-19-32(20-18-27)36(31-13-5-2-6-14-31)34-25-28-23-29-11-7-21-35-22-8-12-30(24-28)33(29)35/h1-6,9-10,13-20,23-25H,7-8,11-12,21-22H2. The molecule has 0 bridgehead atoms. The third kappa shape index (κ3) is 4.83. The van der Waals surface area contributed by atoms with Gasteiger partial charge in [0.25, 0.3) is 0 Å². The van der Waals surface area contributed by atoms with Crippen molar-refractivity contribution in [1.82, 2.24) is 0 Å². The van der Waals surface area contributed by atoms with Crippen molar-refractivity contribution in [2.75, 3.05) is 23.0 Å². The third-order valence-electron chi connectivity index (χ3n) is 7.08. The van der Waals surface area contributed by atoms with Crippen LogP contribution in [0.4, 0.5) is 17.1 Å². The van der Waals surface area contributed by atoms with E-state index < -0.39 is 0 Å². The number of aryl methyl sites for hydroxylation is 2. The van der Waals surface area contributed by atoms with Crippen LogP contribution in [0.3, 0.4) is 0 Å². The van der Waals surface area contributed by atoms with E-state index in [2.05, 4.69) is 102 Å². The van der Waals surface area contributed by atoms with Crippen molar-refractivity contribution < 1.29 is 0 Å². The zero-order chi connectivity index (χ0) is 24.2. The van der Waals surface area contributed by atoms with Crippen molar-refractivity contribution in [2.45, 2.75) is 25.7 Å². The van der Waals surface area contributed by atoms with Crippen LogP contribution in [0.15, 0.2) is 102 Å². The molecule has 3 heteroatoms. The molecule has 0 radical (unpaired) electrons. The zero-order valence-corrected chi connectivity index (χ0v) is 20.6. The fourth-order valence-electron chi connectivity index (χ4n) is 5.36. The van der Waals surface area contributed by atoms with E-state index >= 15 is 0 Å².